The zero-order valence-electron chi connectivity index (χ0n) is 26.1. The number of rotatable bonds is 3. The van der Waals surface area contributed by atoms with Crippen LogP contribution in [-0.2, 0) is 30.5 Å². The van der Waals surface area contributed by atoms with Crippen LogP contribution in [0.2, 0.25) is 0 Å². The van der Waals surface area contributed by atoms with E-state index >= 15 is 0 Å². The first kappa shape index (κ1) is 27.7. The molecule has 0 atom stereocenters. The van der Waals surface area contributed by atoms with E-state index in [-0.39, 0.29) is 42.1 Å². The Hall–Kier alpha value is -2.11. The summed E-state index contributed by atoms with van der Waals surface area (Å²) in [6.07, 6.45) is 7.54. The van der Waals surface area contributed by atoms with Crippen molar-refractivity contribution >= 4 is 35.9 Å². The molecule has 0 bridgehead atoms. The van der Waals surface area contributed by atoms with E-state index in [1.807, 2.05) is 0 Å². The lowest BCUT2D eigenvalue weighted by Crippen LogP contribution is -2.41. The van der Waals surface area contributed by atoms with Crippen molar-refractivity contribution in [2.45, 2.75) is 122 Å². The van der Waals surface area contributed by atoms with Gasteiger partial charge in [-0.3, -0.25) is 0 Å². The third kappa shape index (κ3) is 4.19. The van der Waals surface area contributed by atoms with E-state index in [0.29, 0.717) is 0 Å². The van der Waals surface area contributed by atoms with Gasteiger partial charge >= 0.3 is 14.2 Å². The van der Waals surface area contributed by atoms with Gasteiger partial charge in [0.2, 0.25) is 0 Å². The minimum atomic E-state index is -0.350. The molecule has 2 aliphatic heterocycles. The van der Waals surface area contributed by atoms with E-state index in [9.17, 15) is 0 Å². The molecule has 0 unspecified atom stereocenters. The van der Waals surface area contributed by atoms with Crippen molar-refractivity contribution in [3.05, 3.63) is 59.7 Å². The fraction of sp³-hybridized carbons (Fsp3) is 0.543. The molecule has 0 N–H and O–H groups in total. The van der Waals surface area contributed by atoms with E-state index in [1.165, 1.54) is 65.0 Å². The van der Waals surface area contributed by atoms with Crippen LogP contribution in [-0.4, -0.2) is 36.6 Å². The summed E-state index contributed by atoms with van der Waals surface area (Å²) in [6, 6.07) is 18.2. The molecule has 2 heterocycles. The summed E-state index contributed by atoms with van der Waals surface area (Å²) in [6.45, 7) is 17.0. The van der Waals surface area contributed by atoms with Gasteiger partial charge in [-0.1, -0.05) is 55.3 Å². The number of benzene rings is 3. The van der Waals surface area contributed by atoms with Gasteiger partial charge in [0.15, 0.2) is 0 Å². The second kappa shape index (κ2) is 8.95. The molecule has 4 nitrogen and oxygen atoms in total. The Morgan fingerprint density at radius 3 is 1.78 bits per heavy atom. The Kier molecular flexibility index (Phi) is 6.05. The summed E-state index contributed by atoms with van der Waals surface area (Å²) >= 11 is 0. The minimum absolute atomic E-state index is 0.278. The number of hydrogen-bond donors (Lipinski definition) is 0. The average Bonchev–Trinajstić information content (AvgIpc) is 3.63. The highest BCUT2D eigenvalue weighted by Gasteiger charge is 2.54. The lowest BCUT2D eigenvalue weighted by atomic mass is 9.70. The Morgan fingerprint density at radius 2 is 1.15 bits per heavy atom. The maximum absolute atomic E-state index is 6.57. The Labute approximate surface area is 246 Å². The number of fused-ring (bicyclic) bond motifs is 3. The van der Waals surface area contributed by atoms with Crippen LogP contribution < -0.4 is 10.9 Å². The molecule has 0 amide bonds. The summed E-state index contributed by atoms with van der Waals surface area (Å²) < 4.78 is 25.8. The van der Waals surface area contributed by atoms with Crippen molar-refractivity contribution in [2.75, 3.05) is 0 Å². The topological polar surface area (TPSA) is 36.9 Å². The van der Waals surface area contributed by atoms with E-state index in [1.54, 1.807) is 5.56 Å². The molecule has 3 aromatic carbocycles. The molecule has 6 heteroatoms. The molecule has 1 saturated carbocycles. The molecule has 3 aromatic rings. The van der Waals surface area contributed by atoms with Gasteiger partial charge < -0.3 is 18.6 Å². The van der Waals surface area contributed by atoms with Crippen molar-refractivity contribution in [3.8, 4) is 11.1 Å². The normalized spacial score (nSPS) is 25.0. The van der Waals surface area contributed by atoms with Crippen LogP contribution in [0.3, 0.4) is 0 Å². The first-order chi connectivity index (χ1) is 19.2. The van der Waals surface area contributed by atoms with Crippen LogP contribution in [0.1, 0.15) is 98.6 Å². The molecule has 7 rings (SSSR count). The smallest absolute Gasteiger partial charge is 0.399 e. The fourth-order valence-electron chi connectivity index (χ4n) is 7.57. The zero-order chi connectivity index (χ0) is 29.0. The molecular weight excluding hydrogens is 506 g/mol. The average molecular weight is 550 g/mol. The van der Waals surface area contributed by atoms with E-state index in [0.717, 1.165) is 11.9 Å². The van der Waals surface area contributed by atoms with Crippen molar-refractivity contribution < 1.29 is 18.6 Å². The molecule has 0 radical (unpaired) electrons. The monoisotopic (exact) mass is 550 g/mol. The van der Waals surface area contributed by atoms with E-state index in [2.05, 4.69) is 104 Å². The van der Waals surface area contributed by atoms with E-state index < -0.39 is 0 Å². The van der Waals surface area contributed by atoms with Crippen LogP contribution in [0.25, 0.3) is 21.9 Å². The fourth-order valence-corrected chi connectivity index (χ4v) is 7.57. The van der Waals surface area contributed by atoms with Crippen LogP contribution in [0.5, 0.6) is 0 Å². The lowest BCUT2D eigenvalue weighted by Gasteiger charge is -2.32. The number of hydrogen-bond acceptors (Lipinski definition) is 4. The Balaban J connectivity index is 1.28. The van der Waals surface area contributed by atoms with Gasteiger partial charge in [0.1, 0.15) is 0 Å². The van der Waals surface area contributed by atoms with Gasteiger partial charge in [0.25, 0.3) is 0 Å². The van der Waals surface area contributed by atoms with E-state index in [4.69, 9.17) is 18.6 Å². The van der Waals surface area contributed by atoms with Crippen LogP contribution in [0.4, 0.5) is 0 Å². The molecule has 4 aliphatic rings. The molecule has 3 fully saturated rings. The van der Waals surface area contributed by atoms with Crippen molar-refractivity contribution in [2.24, 2.45) is 0 Å². The molecule has 41 heavy (non-hydrogen) atoms. The van der Waals surface area contributed by atoms with Crippen LogP contribution in [0, 0.1) is 0 Å². The highest BCUT2D eigenvalue weighted by atomic mass is 16.7. The predicted octanol–water partition coefficient (Wildman–Crippen LogP) is 6.86. The van der Waals surface area contributed by atoms with Gasteiger partial charge in [-0.15, -0.1) is 0 Å². The molecule has 0 aromatic heterocycles. The second-order valence-corrected chi connectivity index (χ2v) is 15.0. The SMILES string of the molecule is CC1(C)OB(c2ccc3cc(-c4ccc(B5OC(C)(C)C(C)(C)O5)c5c4C4(CCCC4)CC5)ccc3c2)OC1(C)C. The zero-order valence-corrected chi connectivity index (χ0v) is 26.1. The maximum Gasteiger partial charge on any atom is 0.495 e. The van der Waals surface area contributed by atoms with Gasteiger partial charge in [-0.25, -0.2) is 0 Å². The maximum atomic E-state index is 6.57. The van der Waals surface area contributed by atoms with Gasteiger partial charge in [0, 0.05) is 0 Å². The standard InChI is InChI=1S/C35H44B2O4/c1-31(2)32(3,4)39-36(38-31)26-14-13-23-21-25(12-11-24(23)22-26)27-15-16-29(37-40-33(5,6)34(7,8)41-37)28-17-20-35(30(27)28)18-9-10-19-35/h11-16,21-22H,9-10,17-20H2,1-8H3. The van der Waals surface area contributed by atoms with Crippen molar-refractivity contribution in [1.82, 2.24) is 0 Å². The van der Waals surface area contributed by atoms with Crippen molar-refractivity contribution in [1.29, 1.82) is 0 Å². The van der Waals surface area contributed by atoms with Crippen LogP contribution >= 0.6 is 0 Å². The second-order valence-electron chi connectivity index (χ2n) is 15.0. The highest BCUT2D eigenvalue weighted by molar-refractivity contribution is 6.63. The lowest BCUT2D eigenvalue weighted by molar-refractivity contribution is 0.00578. The summed E-state index contributed by atoms with van der Waals surface area (Å²) in [7, 11) is -0.665. The molecule has 2 saturated heterocycles. The minimum Gasteiger partial charge on any atom is -0.399 e. The summed E-state index contributed by atoms with van der Waals surface area (Å²) in [5.74, 6) is 0. The Morgan fingerprint density at radius 1 is 0.585 bits per heavy atom. The van der Waals surface area contributed by atoms with Crippen LogP contribution in [0.15, 0.2) is 48.5 Å². The molecule has 2 aliphatic carbocycles. The summed E-state index contributed by atoms with van der Waals surface area (Å²) in [5, 5.41) is 2.45. The Bertz CT molecular complexity index is 1500. The first-order valence-corrected chi connectivity index (χ1v) is 15.6. The quantitative estimate of drug-likeness (QED) is 0.334. The largest absolute Gasteiger partial charge is 0.495 e. The van der Waals surface area contributed by atoms with Crippen molar-refractivity contribution in [3.63, 3.8) is 0 Å². The third-order valence-electron chi connectivity index (χ3n) is 11.5. The van der Waals surface area contributed by atoms with Gasteiger partial charge in [0.05, 0.1) is 22.4 Å². The molecule has 1 spiro atoms. The highest BCUT2D eigenvalue weighted by Crippen LogP contribution is 2.53. The summed E-state index contributed by atoms with van der Waals surface area (Å²) in [4.78, 5) is 0. The predicted molar refractivity (Wildman–Crippen MR) is 169 cm³/mol. The first-order valence-electron chi connectivity index (χ1n) is 15.6. The molecular formula is C35H44B2O4. The van der Waals surface area contributed by atoms with Gasteiger partial charge in [-0.05, 0) is 137 Å². The molecule has 214 valence electrons. The summed E-state index contributed by atoms with van der Waals surface area (Å²) in [5.41, 5.74) is 6.92. The van der Waals surface area contributed by atoms with Gasteiger partial charge in [-0.2, -0.15) is 0 Å². The third-order valence-corrected chi connectivity index (χ3v) is 11.5.